The lowest BCUT2D eigenvalue weighted by molar-refractivity contribution is -0.110. The number of phenols is 1. The van der Waals surface area contributed by atoms with Crippen LogP contribution in [0.4, 0.5) is 0 Å². The number of hydrogen-bond donors (Lipinski definition) is 1. The highest BCUT2D eigenvalue weighted by Crippen LogP contribution is 2.46. The van der Waals surface area contributed by atoms with Crippen LogP contribution in [0.1, 0.15) is 69.1 Å². The fourth-order valence-corrected chi connectivity index (χ4v) is 8.05. The molecule has 2 atom stereocenters. The maximum Gasteiger partial charge on any atom is 0.189 e. The number of fused-ring (bicyclic) bond motifs is 2. The van der Waals surface area contributed by atoms with Gasteiger partial charge < -0.3 is 5.11 Å². The first-order chi connectivity index (χ1) is 22.4. The Morgan fingerprint density at radius 1 is 0.761 bits per heavy atom. The Kier molecular flexibility index (Phi) is 8.21. The van der Waals surface area contributed by atoms with Crippen LogP contribution in [0.15, 0.2) is 120 Å². The lowest BCUT2D eigenvalue weighted by atomic mass is 9.72. The molecular weight excluding hydrogens is 560 g/mol. The van der Waals surface area contributed by atoms with Crippen LogP contribution in [-0.2, 0) is 4.79 Å². The first-order valence-electron chi connectivity index (χ1n) is 16.9. The summed E-state index contributed by atoms with van der Waals surface area (Å²) in [6.45, 7) is 6.27. The predicted molar refractivity (Wildman–Crippen MR) is 194 cm³/mol. The highest BCUT2D eigenvalue weighted by atomic mass is 16.3. The number of carbonyl (C=O) groups is 1. The molecule has 1 saturated carbocycles. The standard InChI is InChI=1S/C44H42O2/c1-4-12-30-13-9-18-33(25-30)42(34-23-28(2)43(45)40(26-34)38-21-10-16-31-14-5-7-19-36(31)38)35-24-29(3)44(46)41(27-35)39-22-11-17-32-15-6-8-20-37(32)39/h5-8,10-11,14-17,19-24,26-27,30,33,45H,4,9,12-13,18,25H2,1-3H3. The molecule has 2 aliphatic carbocycles. The molecule has 1 fully saturated rings. The van der Waals surface area contributed by atoms with Crippen LogP contribution >= 0.6 is 0 Å². The number of carbonyl (C=O) groups excluding carboxylic acids is 1. The van der Waals surface area contributed by atoms with Crippen LogP contribution in [-0.4, -0.2) is 10.9 Å². The second-order valence-corrected chi connectivity index (χ2v) is 13.3. The maximum atomic E-state index is 13.9. The third-order valence-electron chi connectivity index (χ3n) is 10.2. The highest BCUT2D eigenvalue weighted by molar-refractivity contribution is 6.32. The number of aromatic hydroxyl groups is 1. The van der Waals surface area contributed by atoms with Crippen LogP contribution in [0.5, 0.6) is 5.75 Å². The number of ketones is 1. The van der Waals surface area contributed by atoms with Gasteiger partial charge in [0.2, 0.25) is 0 Å². The largest absolute Gasteiger partial charge is 0.507 e. The minimum atomic E-state index is 0.0882. The topological polar surface area (TPSA) is 37.3 Å². The van der Waals surface area contributed by atoms with Gasteiger partial charge in [-0.3, -0.25) is 4.79 Å². The van der Waals surface area contributed by atoms with E-state index in [1.165, 1.54) is 31.3 Å². The van der Waals surface area contributed by atoms with Crippen LogP contribution in [0.25, 0.3) is 43.8 Å². The number of rotatable bonds is 6. The van der Waals surface area contributed by atoms with Crippen molar-refractivity contribution in [1.29, 1.82) is 0 Å². The molecule has 7 rings (SSSR count). The zero-order valence-electron chi connectivity index (χ0n) is 27.1. The van der Waals surface area contributed by atoms with Crippen molar-refractivity contribution in [1.82, 2.24) is 0 Å². The van der Waals surface area contributed by atoms with Crippen molar-refractivity contribution in [3.05, 3.63) is 137 Å². The van der Waals surface area contributed by atoms with Crippen molar-refractivity contribution >= 4 is 38.5 Å². The summed E-state index contributed by atoms with van der Waals surface area (Å²) < 4.78 is 0. The number of aryl methyl sites for hydroxylation is 1. The van der Waals surface area contributed by atoms with Crippen LogP contribution < -0.4 is 0 Å². The van der Waals surface area contributed by atoms with Gasteiger partial charge in [-0.15, -0.1) is 0 Å². The molecule has 2 aliphatic rings. The third kappa shape index (κ3) is 5.51. The molecule has 2 unspecified atom stereocenters. The van der Waals surface area contributed by atoms with Gasteiger partial charge in [0.05, 0.1) is 0 Å². The molecule has 0 saturated heterocycles. The first-order valence-corrected chi connectivity index (χ1v) is 16.9. The zero-order valence-corrected chi connectivity index (χ0v) is 27.1. The average Bonchev–Trinajstić information content (AvgIpc) is 3.08. The predicted octanol–water partition coefficient (Wildman–Crippen LogP) is 11.6. The Bertz CT molecular complexity index is 2060. The quantitative estimate of drug-likeness (QED) is 0.210. The smallest absolute Gasteiger partial charge is 0.189 e. The number of Topliss-reactive ketones (excluding diaryl/α,β-unsaturated/α-hetero) is 1. The zero-order chi connectivity index (χ0) is 31.8. The Labute approximate surface area is 272 Å². The number of benzene rings is 5. The Hall–Kier alpha value is -4.69. The molecule has 5 aromatic carbocycles. The summed E-state index contributed by atoms with van der Waals surface area (Å²) in [5.74, 6) is 1.48. The van der Waals surface area contributed by atoms with Crippen molar-refractivity contribution in [2.75, 3.05) is 0 Å². The Morgan fingerprint density at radius 3 is 2.13 bits per heavy atom. The van der Waals surface area contributed by atoms with Gasteiger partial charge >= 0.3 is 0 Å². The molecule has 0 aliphatic heterocycles. The van der Waals surface area contributed by atoms with Gasteiger partial charge in [0.15, 0.2) is 5.78 Å². The fourth-order valence-electron chi connectivity index (χ4n) is 8.05. The normalized spacial score (nSPS) is 19.7. The van der Waals surface area contributed by atoms with Gasteiger partial charge in [-0.05, 0) is 123 Å². The molecule has 230 valence electrons. The van der Waals surface area contributed by atoms with E-state index in [9.17, 15) is 9.90 Å². The lowest BCUT2D eigenvalue weighted by Crippen LogP contribution is -2.19. The second kappa shape index (κ2) is 12.6. The second-order valence-electron chi connectivity index (χ2n) is 13.3. The van der Waals surface area contributed by atoms with E-state index in [1.54, 1.807) is 0 Å². The van der Waals surface area contributed by atoms with Crippen molar-refractivity contribution in [2.45, 2.75) is 59.3 Å². The van der Waals surface area contributed by atoms with E-state index in [0.29, 0.717) is 17.6 Å². The van der Waals surface area contributed by atoms with E-state index in [1.807, 2.05) is 19.9 Å². The summed E-state index contributed by atoms with van der Waals surface area (Å²) in [7, 11) is 0. The van der Waals surface area contributed by atoms with Crippen LogP contribution in [0, 0.1) is 18.8 Å². The van der Waals surface area contributed by atoms with Crippen molar-refractivity contribution in [3.8, 4) is 16.9 Å². The first kappa shape index (κ1) is 30.0. The summed E-state index contributed by atoms with van der Waals surface area (Å²) in [6.07, 6.45) is 11.5. The molecule has 0 amide bonds. The van der Waals surface area contributed by atoms with Crippen molar-refractivity contribution in [2.24, 2.45) is 11.8 Å². The van der Waals surface area contributed by atoms with Crippen molar-refractivity contribution in [3.63, 3.8) is 0 Å². The number of phenolic OH excluding ortho intramolecular Hbond substituents is 1. The molecule has 0 spiro atoms. The fraction of sp³-hybridized carbons (Fsp3) is 0.250. The molecule has 5 aromatic rings. The molecule has 2 heteroatoms. The molecule has 2 nitrogen and oxygen atoms in total. The van der Waals surface area contributed by atoms with Gasteiger partial charge in [-0.2, -0.15) is 0 Å². The van der Waals surface area contributed by atoms with E-state index in [4.69, 9.17) is 0 Å². The monoisotopic (exact) mass is 602 g/mol. The van der Waals surface area contributed by atoms with Gasteiger partial charge in [-0.1, -0.05) is 118 Å². The van der Waals surface area contributed by atoms with E-state index in [2.05, 4.69) is 110 Å². The maximum absolute atomic E-state index is 13.9. The van der Waals surface area contributed by atoms with E-state index < -0.39 is 0 Å². The lowest BCUT2D eigenvalue weighted by Gasteiger charge is -2.33. The summed E-state index contributed by atoms with van der Waals surface area (Å²) >= 11 is 0. The van der Waals surface area contributed by atoms with E-state index in [-0.39, 0.29) is 5.78 Å². The van der Waals surface area contributed by atoms with E-state index in [0.717, 1.165) is 78.9 Å². The molecule has 0 bridgehead atoms. The van der Waals surface area contributed by atoms with Gasteiger partial charge in [0.25, 0.3) is 0 Å². The molecule has 1 N–H and O–H groups in total. The SMILES string of the molecule is CCCC1CCCC(C(=C2C=C(C)C(=O)C(c3cccc4ccccc34)=C2)c2cc(C)c(O)c(-c3cccc4ccccc34)c2)C1. The summed E-state index contributed by atoms with van der Waals surface area (Å²) in [4.78, 5) is 13.9. The van der Waals surface area contributed by atoms with Crippen molar-refractivity contribution < 1.29 is 9.90 Å². The highest BCUT2D eigenvalue weighted by Gasteiger charge is 2.30. The summed E-state index contributed by atoms with van der Waals surface area (Å²) in [6, 6.07) is 33.7. The van der Waals surface area contributed by atoms with Gasteiger partial charge in [0.1, 0.15) is 5.75 Å². The molecule has 0 aromatic heterocycles. The van der Waals surface area contributed by atoms with Crippen LogP contribution in [0.2, 0.25) is 0 Å². The van der Waals surface area contributed by atoms with E-state index >= 15 is 0 Å². The van der Waals surface area contributed by atoms with Crippen LogP contribution in [0.3, 0.4) is 0 Å². The molecule has 0 heterocycles. The molecular formula is C44H42O2. The number of hydrogen-bond acceptors (Lipinski definition) is 2. The Balaban J connectivity index is 1.48. The average molecular weight is 603 g/mol. The van der Waals surface area contributed by atoms with Gasteiger partial charge in [-0.25, -0.2) is 0 Å². The summed E-state index contributed by atoms with van der Waals surface area (Å²) in [5, 5.41) is 16.0. The molecule has 0 radical (unpaired) electrons. The third-order valence-corrected chi connectivity index (χ3v) is 10.2. The van der Waals surface area contributed by atoms with Gasteiger partial charge in [0, 0.05) is 11.1 Å². The minimum Gasteiger partial charge on any atom is -0.507 e. The molecule has 46 heavy (non-hydrogen) atoms. The minimum absolute atomic E-state index is 0.0882. The number of allylic oxidation sites excluding steroid dienone is 6. The Morgan fingerprint density at radius 2 is 1.41 bits per heavy atom. The summed E-state index contributed by atoms with van der Waals surface area (Å²) in [5.41, 5.74) is 8.84.